The molecule has 1 fully saturated rings. The van der Waals surface area contributed by atoms with Gasteiger partial charge in [-0.25, -0.2) is 4.99 Å². The molecule has 0 aliphatic heterocycles. The first-order chi connectivity index (χ1) is 12.6. The maximum atomic E-state index is 9.52. The lowest BCUT2D eigenvalue weighted by Gasteiger charge is -2.37. The number of hydrogen-bond acceptors (Lipinski definition) is 4. The van der Waals surface area contributed by atoms with Gasteiger partial charge in [-0.1, -0.05) is 32.6 Å². The predicted molar refractivity (Wildman–Crippen MR) is 105 cm³/mol. The quantitative estimate of drug-likeness (QED) is 0.355. The van der Waals surface area contributed by atoms with Crippen molar-refractivity contribution < 1.29 is 5.11 Å². The summed E-state index contributed by atoms with van der Waals surface area (Å²) in [5, 5.41) is 24.8. The van der Waals surface area contributed by atoms with Gasteiger partial charge < -0.3 is 20.3 Å². The average molecular weight is 365 g/mol. The van der Waals surface area contributed by atoms with E-state index in [1.54, 1.807) is 0 Å². The molecule has 1 aromatic rings. The molecule has 1 aliphatic rings. The SMILES string of the molecule is CCCCNC(=NCc1nnc(C)n1C)NCC1(CCO)CCCCC1. The van der Waals surface area contributed by atoms with Crippen LogP contribution in [-0.4, -0.2) is 45.5 Å². The van der Waals surface area contributed by atoms with E-state index < -0.39 is 0 Å². The summed E-state index contributed by atoms with van der Waals surface area (Å²) in [6.45, 7) is 6.67. The average Bonchev–Trinajstić information content (AvgIpc) is 2.97. The van der Waals surface area contributed by atoms with Crippen LogP contribution in [0.5, 0.6) is 0 Å². The molecule has 7 nitrogen and oxygen atoms in total. The number of guanidine groups is 1. The Kier molecular flexibility index (Phi) is 8.35. The minimum Gasteiger partial charge on any atom is -0.396 e. The van der Waals surface area contributed by atoms with Gasteiger partial charge in [-0.2, -0.15) is 0 Å². The highest BCUT2D eigenvalue weighted by molar-refractivity contribution is 5.79. The molecule has 2 rings (SSSR count). The molecule has 1 aliphatic carbocycles. The smallest absolute Gasteiger partial charge is 0.191 e. The number of aryl methyl sites for hydroxylation is 1. The van der Waals surface area contributed by atoms with Crippen LogP contribution in [0.15, 0.2) is 4.99 Å². The van der Waals surface area contributed by atoms with E-state index in [4.69, 9.17) is 4.99 Å². The molecule has 0 unspecified atom stereocenters. The minimum absolute atomic E-state index is 0.196. The first kappa shape index (κ1) is 20.7. The minimum atomic E-state index is 0.196. The van der Waals surface area contributed by atoms with E-state index in [2.05, 4.69) is 27.8 Å². The van der Waals surface area contributed by atoms with Gasteiger partial charge in [0.05, 0.1) is 0 Å². The molecule has 0 spiro atoms. The second-order valence-electron chi connectivity index (χ2n) is 7.56. The maximum absolute atomic E-state index is 9.52. The Bertz CT molecular complexity index is 557. The fourth-order valence-electron chi connectivity index (χ4n) is 3.62. The Balaban J connectivity index is 2.00. The Morgan fingerprint density at radius 1 is 1.23 bits per heavy atom. The lowest BCUT2D eigenvalue weighted by atomic mass is 9.72. The van der Waals surface area contributed by atoms with Gasteiger partial charge in [-0.3, -0.25) is 0 Å². The summed E-state index contributed by atoms with van der Waals surface area (Å²) in [6, 6.07) is 0. The van der Waals surface area contributed by atoms with Gasteiger partial charge in [0.25, 0.3) is 0 Å². The zero-order valence-electron chi connectivity index (χ0n) is 16.7. The van der Waals surface area contributed by atoms with Crippen molar-refractivity contribution in [3.63, 3.8) is 0 Å². The third-order valence-corrected chi connectivity index (χ3v) is 5.57. The first-order valence-corrected chi connectivity index (χ1v) is 10.1. The highest BCUT2D eigenvalue weighted by atomic mass is 16.3. The molecular weight excluding hydrogens is 328 g/mol. The van der Waals surface area contributed by atoms with Crippen LogP contribution in [0.4, 0.5) is 0 Å². The van der Waals surface area contributed by atoms with Crippen LogP contribution in [0, 0.1) is 12.3 Å². The number of aliphatic imine (C=N–C) groups is 1. The molecule has 3 N–H and O–H groups in total. The van der Waals surface area contributed by atoms with Gasteiger partial charge >= 0.3 is 0 Å². The molecule has 0 saturated heterocycles. The van der Waals surface area contributed by atoms with Crippen molar-refractivity contribution in [3.05, 3.63) is 11.6 Å². The molecule has 26 heavy (non-hydrogen) atoms. The van der Waals surface area contributed by atoms with E-state index >= 15 is 0 Å². The van der Waals surface area contributed by atoms with Crippen LogP contribution in [0.25, 0.3) is 0 Å². The van der Waals surface area contributed by atoms with Crippen LogP contribution >= 0.6 is 0 Å². The van der Waals surface area contributed by atoms with E-state index in [-0.39, 0.29) is 12.0 Å². The van der Waals surface area contributed by atoms with Crippen molar-refractivity contribution >= 4 is 5.96 Å². The Morgan fingerprint density at radius 3 is 2.62 bits per heavy atom. The van der Waals surface area contributed by atoms with E-state index in [1.165, 1.54) is 32.1 Å². The second kappa shape index (κ2) is 10.5. The molecule has 0 aromatic carbocycles. The van der Waals surface area contributed by atoms with Gasteiger partial charge in [-0.15, -0.1) is 10.2 Å². The number of aromatic nitrogens is 3. The number of aliphatic hydroxyl groups excluding tert-OH is 1. The molecule has 7 heteroatoms. The zero-order chi connectivity index (χ0) is 18.8. The summed E-state index contributed by atoms with van der Waals surface area (Å²) in [5.74, 6) is 2.59. The summed E-state index contributed by atoms with van der Waals surface area (Å²) >= 11 is 0. The highest BCUT2D eigenvalue weighted by Gasteiger charge is 2.31. The predicted octanol–water partition coefficient (Wildman–Crippen LogP) is 2.29. The van der Waals surface area contributed by atoms with Crippen LogP contribution < -0.4 is 10.6 Å². The number of hydrogen-bond donors (Lipinski definition) is 3. The molecule has 1 saturated carbocycles. The fourth-order valence-corrected chi connectivity index (χ4v) is 3.62. The number of nitrogens with zero attached hydrogens (tertiary/aromatic N) is 4. The lowest BCUT2D eigenvalue weighted by molar-refractivity contribution is 0.131. The van der Waals surface area contributed by atoms with Crippen molar-refractivity contribution in [1.82, 2.24) is 25.4 Å². The highest BCUT2D eigenvalue weighted by Crippen LogP contribution is 2.38. The monoisotopic (exact) mass is 364 g/mol. The summed E-state index contributed by atoms with van der Waals surface area (Å²) in [6.07, 6.45) is 9.34. The summed E-state index contributed by atoms with van der Waals surface area (Å²) in [5.41, 5.74) is 0.196. The summed E-state index contributed by atoms with van der Waals surface area (Å²) in [4.78, 5) is 4.72. The second-order valence-corrected chi connectivity index (χ2v) is 7.56. The van der Waals surface area contributed by atoms with E-state index in [0.717, 1.165) is 50.0 Å². The molecule has 148 valence electrons. The molecule has 0 amide bonds. The molecular formula is C19H36N6O. The fraction of sp³-hybridized carbons (Fsp3) is 0.842. The summed E-state index contributed by atoms with van der Waals surface area (Å²) < 4.78 is 1.97. The number of unbranched alkanes of at least 4 members (excludes halogenated alkanes) is 1. The molecule has 1 aromatic heterocycles. The summed E-state index contributed by atoms with van der Waals surface area (Å²) in [7, 11) is 1.97. The van der Waals surface area contributed by atoms with Crippen LogP contribution in [-0.2, 0) is 13.6 Å². The van der Waals surface area contributed by atoms with Crippen LogP contribution in [0.3, 0.4) is 0 Å². The van der Waals surface area contributed by atoms with Gasteiger partial charge in [-0.05, 0) is 38.0 Å². The van der Waals surface area contributed by atoms with E-state index in [9.17, 15) is 5.11 Å². The third kappa shape index (κ3) is 5.97. The van der Waals surface area contributed by atoms with Crippen LogP contribution in [0.1, 0.15) is 69.9 Å². The zero-order valence-corrected chi connectivity index (χ0v) is 16.7. The lowest BCUT2D eigenvalue weighted by Crippen LogP contribution is -2.45. The molecule has 0 atom stereocenters. The Labute approximate surface area is 157 Å². The molecule has 0 radical (unpaired) electrons. The number of rotatable bonds is 9. The van der Waals surface area contributed by atoms with Gasteiger partial charge in [0.2, 0.25) is 0 Å². The largest absolute Gasteiger partial charge is 0.396 e. The van der Waals surface area contributed by atoms with E-state index in [0.29, 0.717) is 6.54 Å². The van der Waals surface area contributed by atoms with Crippen molar-refractivity contribution in [2.75, 3.05) is 19.7 Å². The van der Waals surface area contributed by atoms with Gasteiger partial charge in [0.15, 0.2) is 11.8 Å². The van der Waals surface area contributed by atoms with Gasteiger partial charge in [0.1, 0.15) is 12.4 Å². The topological polar surface area (TPSA) is 87.4 Å². The van der Waals surface area contributed by atoms with Crippen molar-refractivity contribution in [1.29, 1.82) is 0 Å². The third-order valence-electron chi connectivity index (χ3n) is 5.57. The Hall–Kier alpha value is -1.63. The number of nitrogens with one attached hydrogen (secondary N) is 2. The Morgan fingerprint density at radius 2 is 2.00 bits per heavy atom. The van der Waals surface area contributed by atoms with Crippen molar-refractivity contribution in [2.45, 2.75) is 71.8 Å². The first-order valence-electron chi connectivity index (χ1n) is 10.1. The van der Waals surface area contributed by atoms with E-state index in [1.807, 2.05) is 18.5 Å². The van der Waals surface area contributed by atoms with Crippen molar-refractivity contribution in [3.8, 4) is 0 Å². The number of aliphatic hydroxyl groups is 1. The maximum Gasteiger partial charge on any atom is 0.191 e. The standard InChI is InChI=1S/C19H36N6O/c1-4-5-12-20-18(21-14-17-24-23-16(2)25(17)3)22-15-19(11-13-26)9-7-6-8-10-19/h26H,4-15H2,1-3H3,(H2,20,21,22). The molecule has 1 heterocycles. The molecule has 0 bridgehead atoms. The van der Waals surface area contributed by atoms with Crippen molar-refractivity contribution in [2.24, 2.45) is 17.5 Å². The van der Waals surface area contributed by atoms with Crippen LogP contribution in [0.2, 0.25) is 0 Å². The van der Waals surface area contributed by atoms with Gasteiger partial charge in [0, 0.05) is 26.7 Å². The normalized spacial score (nSPS) is 17.3.